The molecule has 1 fully saturated rings. The molecule has 0 radical (unpaired) electrons. The number of aromatic nitrogens is 1. The second kappa shape index (κ2) is 5.16. The maximum atomic E-state index is 11.7. The van der Waals surface area contributed by atoms with Crippen molar-refractivity contribution in [2.45, 2.75) is 44.0 Å². The number of alkyl halides is 1. The van der Waals surface area contributed by atoms with E-state index in [0.717, 1.165) is 11.4 Å². The van der Waals surface area contributed by atoms with Crippen LogP contribution in [-0.2, 0) is 6.54 Å². The van der Waals surface area contributed by atoms with Crippen molar-refractivity contribution in [1.29, 1.82) is 0 Å². The first-order valence-corrected chi connectivity index (χ1v) is 7.88. The third kappa shape index (κ3) is 2.38. The number of nitrogens with zero attached hydrogens (tertiary/aromatic N) is 1. The molecule has 0 bridgehead atoms. The summed E-state index contributed by atoms with van der Waals surface area (Å²) in [5.41, 5.74) is 2.79. The van der Waals surface area contributed by atoms with Crippen LogP contribution in [-0.4, -0.2) is 4.57 Å². The van der Waals surface area contributed by atoms with Gasteiger partial charge >= 0.3 is 5.76 Å². The minimum absolute atomic E-state index is 0.264. The average Bonchev–Trinajstić information content (AvgIpc) is 2.67. The zero-order valence-electron chi connectivity index (χ0n) is 11.1. The minimum Gasteiger partial charge on any atom is -0.408 e. The summed E-state index contributed by atoms with van der Waals surface area (Å²) in [5.74, 6) is 0.590. The van der Waals surface area contributed by atoms with E-state index in [0.29, 0.717) is 17.0 Å². The van der Waals surface area contributed by atoms with Crippen LogP contribution in [0.15, 0.2) is 27.4 Å². The van der Waals surface area contributed by atoms with Crippen LogP contribution in [0.25, 0.3) is 11.1 Å². The van der Waals surface area contributed by atoms with Crippen LogP contribution in [0, 0.1) is 5.92 Å². The lowest BCUT2D eigenvalue weighted by atomic mass is 9.81. The van der Waals surface area contributed by atoms with Gasteiger partial charge in [-0.3, -0.25) is 4.57 Å². The Morgan fingerprint density at radius 1 is 1.47 bits per heavy atom. The molecular formula is C15H18BrNO2. The van der Waals surface area contributed by atoms with Crippen molar-refractivity contribution in [3.8, 4) is 0 Å². The topological polar surface area (TPSA) is 35.1 Å². The molecule has 1 unspecified atom stereocenters. The van der Waals surface area contributed by atoms with Gasteiger partial charge in [0, 0.05) is 11.4 Å². The summed E-state index contributed by atoms with van der Waals surface area (Å²) in [5, 5.41) is 0. The molecule has 0 saturated heterocycles. The molecule has 1 aliphatic carbocycles. The molecule has 1 atom stereocenters. The summed E-state index contributed by atoms with van der Waals surface area (Å²) in [6, 6.07) is 6.09. The molecule has 4 heteroatoms. The summed E-state index contributed by atoms with van der Waals surface area (Å²) in [4.78, 5) is 12.0. The Kier molecular flexibility index (Phi) is 3.52. The number of oxazole rings is 1. The van der Waals surface area contributed by atoms with Crippen LogP contribution in [0.4, 0.5) is 0 Å². The second-order valence-corrected chi connectivity index (χ2v) is 6.44. The fourth-order valence-electron chi connectivity index (χ4n) is 2.73. The van der Waals surface area contributed by atoms with Crippen LogP contribution >= 0.6 is 15.9 Å². The van der Waals surface area contributed by atoms with Crippen molar-refractivity contribution in [3.63, 3.8) is 0 Å². The first-order chi connectivity index (χ1) is 9.19. The van der Waals surface area contributed by atoms with Gasteiger partial charge < -0.3 is 4.42 Å². The summed E-state index contributed by atoms with van der Waals surface area (Å²) >= 11 is 3.76. The van der Waals surface area contributed by atoms with Gasteiger partial charge in [-0.2, -0.15) is 0 Å². The van der Waals surface area contributed by atoms with Gasteiger partial charge in [0.25, 0.3) is 0 Å². The summed E-state index contributed by atoms with van der Waals surface area (Å²) < 4.78 is 6.97. The van der Waals surface area contributed by atoms with Crippen molar-refractivity contribution >= 4 is 27.0 Å². The number of halogens is 1. The van der Waals surface area contributed by atoms with Gasteiger partial charge in [0.15, 0.2) is 5.58 Å². The third-order valence-electron chi connectivity index (χ3n) is 4.14. The van der Waals surface area contributed by atoms with Gasteiger partial charge in [-0.05, 0) is 37.0 Å². The van der Waals surface area contributed by atoms with Crippen LogP contribution in [0.2, 0.25) is 0 Å². The zero-order chi connectivity index (χ0) is 13.4. The summed E-state index contributed by atoms with van der Waals surface area (Å²) in [7, 11) is 0. The Bertz CT molecular complexity index is 639. The molecule has 0 aliphatic heterocycles. The Hall–Kier alpha value is -1.03. The van der Waals surface area contributed by atoms with Gasteiger partial charge in [-0.15, -0.1) is 0 Å². The van der Waals surface area contributed by atoms with E-state index >= 15 is 0 Å². The van der Waals surface area contributed by atoms with E-state index in [1.54, 1.807) is 4.57 Å². The van der Waals surface area contributed by atoms with Gasteiger partial charge in [-0.25, -0.2) is 4.79 Å². The maximum absolute atomic E-state index is 11.7. The molecule has 2 aromatic rings. The number of rotatable bonds is 4. The minimum atomic E-state index is -0.264. The van der Waals surface area contributed by atoms with Crippen LogP contribution in [0.5, 0.6) is 0 Å². The standard InChI is InChI=1S/C15H18BrNO2/c1-2-17-13-7-6-11(9-14(13)19-15(17)18)12(16)8-10-4-3-5-10/h6-7,9-10,12H,2-5,8H2,1H3. The maximum Gasteiger partial charge on any atom is 0.419 e. The average molecular weight is 324 g/mol. The Morgan fingerprint density at radius 3 is 2.89 bits per heavy atom. The number of fused-ring (bicyclic) bond motifs is 1. The Balaban J connectivity index is 1.90. The highest BCUT2D eigenvalue weighted by atomic mass is 79.9. The summed E-state index contributed by atoms with van der Waals surface area (Å²) in [6.07, 6.45) is 5.25. The van der Waals surface area contributed by atoms with Crippen molar-refractivity contribution in [2.24, 2.45) is 5.92 Å². The fourth-order valence-corrected chi connectivity index (χ4v) is 3.55. The van der Waals surface area contributed by atoms with E-state index in [9.17, 15) is 4.79 Å². The third-order valence-corrected chi connectivity index (χ3v) is 5.04. The number of hydrogen-bond donors (Lipinski definition) is 0. The molecule has 1 aromatic heterocycles. The normalized spacial score (nSPS) is 17.6. The first-order valence-electron chi connectivity index (χ1n) is 6.96. The van der Waals surface area contributed by atoms with Gasteiger partial charge in [-0.1, -0.05) is 41.3 Å². The molecule has 0 N–H and O–H groups in total. The molecule has 1 heterocycles. The molecular weight excluding hydrogens is 306 g/mol. The van der Waals surface area contributed by atoms with Gasteiger partial charge in [0.1, 0.15) is 0 Å². The molecule has 19 heavy (non-hydrogen) atoms. The lowest BCUT2D eigenvalue weighted by Crippen LogP contribution is -2.12. The molecule has 1 aromatic carbocycles. The van der Waals surface area contributed by atoms with E-state index in [1.165, 1.54) is 31.2 Å². The van der Waals surface area contributed by atoms with Crippen LogP contribution in [0.1, 0.15) is 43.0 Å². The van der Waals surface area contributed by atoms with E-state index < -0.39 is 0 Å². The number of aryl methyl sites for hydroxylation is 1. The van der Waals surface area contributed by atoms with E-state index in [4.69, 9.17) is 4.42 Å². The van der Waals surface area contributed by atoms with E-state index in [1.807, 2.05) is 19.1 Å². The van der Waals surface area contributed by atoms with Crippen molar-refractivity contribution in [1.82, 2.24) is 4.57 Å². The molecule has 3 rings (SSSR count). The molecule has 0 amide bonds. The molecule has 0 spiro atoms. The van der Waals surface area contributed by atoms with Crippen molar-refractivity contribution in [2.75, 3.05) is 0 Å². The highest BCUT2D eigenvalue weighted by Gasteiger charge is 2.22. The van der Waals surface area contributed by atoms with Crippen molar-refractivity contribution < 1.29 is 4.42 Å². The second-order valence-electron chi connectivity index (χ2n) is 5.34. The summed E-state index contributed by atoms with van der Waals surface area (Å²) in [6.45, 7) is 2.60. The lowest BCUT2D eigenvalue weighted by Gasteiger charge is -2.27. The fraction of sp³-hybridized carbons (Fsp3) is 0.533. The first kappa shape index (κ1) is 13.0. The zero-order valence-corrected chi connectivity index (χ0v) is 12.6. The highest BCUT2D eigenvalue weighted by molar-refractivity contribution is 9.09. The van der Waals surface area contributed by atoms with Crippen LogP contribution < -0.4 is 5.76 Å². The van der Waals surface area contributed by atoms with E-state index in [2.05, 4.69) is 22.0 Å². The number of hydrogen-bond acceptors (Lipinski definition) is 2. The Morgan fingerprint density at radius 2 is 2.26 bits per heavy atom. The number of benzene rings is 1. The van der Waals surface area contributed by atoms with Gasteiger partial charge in [0.05, 0.1) is 5.52 Å². The van der Waals surface area contributed by atoms with Gasteiger partial charge in [0.2, 0.25) is 0 Å². The van der Waals surface area contributed by atoms with Crippen molar-refractivity contribution in [3.05, 3.63) is 34.3 Å². The quantitative estimate of drug-likeness (QED) is 0.789. The molecule has 1 aliphatic rings. The monoisotopic (exact) mass is 323 g/mol. The van der Waals surface area contributed by atoms with Crippen LogP contribution in [0.3, 0.4) is 0 Å². The SMILES string of the molecule is CCn1c(=O)oc2cc(C(Br)CC3CCC3)ccc21. The Labute approximate surface area is 120 Å². The molecule has 102 valence electrons. The smallest absolute Gasteiger partial charge is 0.408 e. The molecule has 1 saturated carbocycles. The molecule has 3 nitrogen and oxygen atoms in total. The predicted molar refractivity (Wildman–Crippen MR) is 79.8 cm³/mol. The lowest BCUT2D eigenvalue weighted by molar-refractivity contribution is 0.295. The van der Waals surface area contributed by atoms with E-state index in [-0.39, 0.29) is 5.76 Å². The highest BCUT2D eigenvalue weighted by Crippen LogP contribution is 2.39. The largest absolute Gasteiger partial charge is 0.419 e. The predicted octanol–water partition coefficient (Wildman–Crippen LogP) is 4.24.